The van der Waals surface area contributed by atoms with Gasteiger partial charge in [0.1, 0.15) is 0 Å². The van der Waals surface area contributed by atoms with Gasteiger partial charge in [0, 0.05) is 13.7 Å². The molecule has 0 aliphatic heterocycles. The largest absolute Gasteiger partial charge is 0.381 e. The molecular formula is C14H29NO2. The van der Waals surface area contributed by atoms with Crippen LogP contribution in [-0.2, 0) is 9.47 Å². The van der Waals surface area contributed by atoms with Crippen LogP contribution in [0.2, 0.25) is 0 Å². The third-order valence-electron chi connectivity index (χ3n) is 3.44. The Bertz CT molecular complexity index is 185. The molecule has 0 radical (unpaired) electrons. The predicted octanol–water partition coefficient (Wildman–Crippen LogP) is 2.60. The van der Waals surface area contributed by atoms with E-state index >= 15 is 0 Å². The van der Waals surface area contributed by atoms with Crippen LogP contribution in [-0.4, -0.2) is 39.0 Å². The number of rotatable bonds is 8. The fourth-order valence-electron chi connectivity index (χ4n) is 2.28. The van der Waals surface area contributed by atoms with Crippen LogP contribution in [0, 0.1) is 5.92 Å². The van der Waals surface area contributed by atoms with Crippen molar-refractivity contribution in [2.45, 2.75) is 58.2 Å². The van der Waals surface area contributed by atoms with Gasteiger partial charge in [-0.25, -0.2) is 0 Å². The van der Waals surface area contributed by atoms with Crippen molar-refractivity contribution >= 4 is 0 Å². The van der Waals surface area contributed by atoms with Crippen LogP contribution in [0.3, 0.4) is 0 Å². The highest BCUT2D eigenvalue weighted by atomic mass is 16.5. The quantitative estimate of drug-likeness (QED) is 0.665. The van der Waals surface area contributed by atoms with Crippen molar-refractivity contribution in [3.05, 3.63) is 0 Å². The second-order valence-electron chi connectivity index (χ2n) is 5.45. The fraction of sp³-hybridized carbons (Fsp3) is 1.00. The van der Waals surface area contributed by atoms with E-state index in [1.165, 1.54) is 25.7 Å². The van der Waals surface area contributed by atoms with Gasteiger partial charge in [0.25, 0.3) is 0 Å². The molecule has 1 aliphatic carbocycles. The molecule has 0 aromatic heterocycles. The summed E-state index contributed by atoms with van der Waals surface area (Å²) in [6.45, 7) is 7.42. The fourth-order valence-corrected chi connectivity index (χ4v) is 2.28. The maximum Gasteiger partial charge on any atom is 0.0600 e. The minimum absolute atomic E-state index is 0.417. The average Bonchev–Trinajstić information content (AvgIpc) is 2.33. The van der Waals surface area contributed by atoms with Gasteiger partial charge in [-0.2, -0.15) is 0 Å². The lowest BCUT2D eigenvalue weighted by Gasteiger charge is -2.28. The van der Waals surface area contributed by atoms with Gasteiger partial charge in [-0.05, 0) is 44.6 Å². The van der Waals surface area contributed by atoms with Gasteiger partial charge in [0.2, 0.25) is 0 Å². The van der Waals surface area contributed by atoms with E-state index in [0.717, 1.165) is 32.0 Å². The third-order valence-corrected chi connectivity index (χ3v) is 3.44. The summed E-state index contributed by atoms with van der Waals surface area (Å²) in [6.07, 6.45) is 6.79. The van der Waals surface area contributed by atoms with E-state index in [1.54, 1.807) is 7.11 Å². The zero-order chi connectivity index (χ0) is 12.5. The zero-order valence-electron chi connectivity index (χ0n) is 11.7. The minimum Gasteiger partial charge on any atom is -0.381 e. The smallest absolute Gasteiger partial charge is 0.0600 e. The molecule has 3 nitrogen and oxygen atoms in total. The van der Waals surface area contributed by atoms with Crippen molar-refractivity contribution in [2.24, 2.45) is 5.92 Å². The standard InChI is InChI=1S/C14H29NO2/c1-12(2)7-8-15-9-10-17-14-6-4-5-13(11-14)16-3/h12-15H,4-11H2,1-3H3. The molecule has 0 aromatic rings. The molecule has 2 atom stereocenters. The van der Waals surface area contributed by atoms with Crippen molar-refractivity contribution in [1.82, 2.24) is 5.32 Å². The van der Waals surface area contributed by atoms with E-state index in [9.17, 15) is 0 Å². The van der Waals surface area contributed by atoms with E-state index in [1.807, 2.05) is 0 Å². The van der Waals surface area contributed by atoms with Gasteiger partial charge in [-0.3, -0.25) is 0 Å². The van der Waals surface area contributed by atoms with Gasteiger partial charge < -0.3 is 14.8 Å². The minimum atomic E-state index is 0.417. The van der Waals surface area contributed by atoms with Crippen molar-refractivity contribution in [3.63, 3.8) is 0 Å². The van der Waals surface area contributed by atoms with Gasteiger partial charge in [-0.15, -0.1) is 0 Å². The van der Waals surface area contributed by atoms with E-state index < -0.39 is 0 Å². The van der Waals surface area contributed by atoms with Crippen LogP contribution >= 0.6 is 0 Å². The SMILES string of the molecule is COC1CCCC(OCCNCCC(C)C)C1. The van der Waals surface area contributed by atoms with Crippen molar-refractivity contribution in [1.29, 1.82) is 0 Å². The lowest BCUT2D eigenvalue weighted by atomic mass is 9.95. The monoisotopic (exact) mass is 243 g/mol. The third kappa shape index (κ3) is 7.02. The molecule has 1 aliphatic rings. The van der Waals surface area contributed by atoms with Crippen LogP contribution < -0.4 is 5.32 Å². The molecule has 0 bridgehead atoms. The summed E-state index contributed by atoms with van der Waals surface area (Å²) in [4.78, 5) is 0. The van der Waals surface area contributed by atoms with Crippen molar-refractivity contribution in [3.8, 4) is 0 Å². The van der Waals surface area contributed by atoms with E-state index in [4.69, 9.17) is 9.47 Å². The van der Waals surface area contributed by atoms with Crippen LogP contribution in [0.1, 0.15) is 46.0 Å². The second-order valence-corrected chi connectivity index (χ2v) is 5.45. The Labute approximate surface area is 106 Å². The van der Waals surface area contributed by atoms with E-state index in [0.29, 0.717) is 12.2 Å². The second kappa shape index (κ2) is 8.90. The maximum absolute atomic E-state index is 5.88. The van der Waals surface area contributed by atoms with Crippen molar-refractivity contribution < 1.29 is 9.47 Å². The summed E-state index contributed by atoms with van der Waals surface area (Å²) < 4.78 is 11.3. The molecule has 1 fully saturated rings. The van der Waals surface area contributed by atoms with Crippen molar-refractivity contribution in [2.75, 3.05) is 26.8 Å². The Morgan fingerprint density at radius 3 is 2.65 bits per heavy atom. The molecule has 0 heterocycles. The maximum atomic E-state index is 5.88. The first kappa shape index (κ1) is 14.9. The molecule has 1 rings (SSSR count). The number of methoxy groups -OCH3 is 1. The molecule has 0 spiro atoms. The molecule has 1 N–H and O–H groups in total. The highest BCUT2D eigenvalue weighted by Crippen LogP contribution is 2.22. The van der Waals surface area contributed by atoms with Gasteiger partial charge in [-0.1, -0.05) is 13.8 Å². The Morgan fingerprint density at radius 1 is 1.18 bits per heavy atom. The summed E-state index contributed by atoms with van der Waals surface area (Å²) in [5, 5.41) is 3.43. The summed E-state index contributed by atoms with van der Waals surface area (Å²) in [6, 6.07) is 0. The highest BCUT2D eigenvalue weighted by molar-refractivity contribution is 4.73. The topological polar surface area (TPSA) is 30.5 Å². The number of nitrogens with one attached hydrogen (secondary N) is 1. The summed E-state index contributed by atoms with van der Waals surface area (Å²) in [5.74, 6) is 0.782. The molecule has 102 valence electrons. The van der Waals surface area contributed by atoms with Gasteiger partial charge in [0.05, 0.1) is 18.8 Å². The van der Waals surface area contributed by atoms with Gasteiger partial charge >= 0.3 is 0 Å². The Morgan fingerprint density at radius 2 is 1.94 bits per heavy atom. The van der Waals surface area contributed by atoms with E-state index in [-0.39, 0.29) is 0 Å². The van der Waals surface area contributed by atoms with Gasteiger partial charge in [0.15, 0.2) is 0 Å². The molecular weight excluding hydrogens is 214 g/mol. The Hall–Kier alpha value is -0.120. The lowest BCUT2D eigenvalue weighted by Crippen LogP contribution is -2.30. The Balaban J connectivity index is 1.95. The molecule has 2 unspecified atom stereocenters. The molecule has 0 saturated heterocycles. The molecule has 1 saturated carbocycles. The number of hydrogen-bond donors (Lipinski definition) is 1. The van der Waals surface area contributed by atoms with E-state index in [2.05, 4.69) is 19.2 Å². The number of ether oxygens (including phenoxy) is 2. The first-order valence-electron chi connectivity index (χ1n) is 7.07. The first-order valence-corrected chi connectivity index (χ1v) is 7.07. The Kier molecular flexibility index (Phi) is 7.82. The normalized spacial score (nSPS) is 25.4. The molecule has 3 heteroatoms. The average molecular weight is 243 g/mol. The first-order chi connectivity index (χ1) is 8.22. The lowest BCUT2D eigenvalue weighted by molar-refractivity contribution is -0.0282. The summed E-state index contributed by atoms with van der Waals surface area (Å²) in [5.41, 5.74) is 0. The predicted molar refractivity (Wildman–Crippen MR) is 71.3 cm³/mol. The van der Waals surface area contributed by atoms with Crippen LogP contribution in [0.5, 0.6) is 0 Å². The van der Waals surface area contributed by atoms with Crippen LogP contribution in [0.4, 0.5) is 0 Å². The zero-order valence-corrected chi connectivity index (χ0v) is 11.7. The summed E-state index contributed by atoms with van der Waals surface area (Å²) in [7, 11) is 1.81. The molecule has 17 heavy (non-hydrogen) atoms. The van der Waals surface area contributed by atoms with Crippen LogP contribution in [0.15, 0.2) is 0 Å². The molecule has 0 aromatic carbocycles. The number of hydrogen-bond acceptors (Lipinski definition) is 3. The molecule has 0 amide bonds. The van der Waals surface area contributed by atoms with Crippen LogP contribution in [0.25, 0.3) is 0 Å². The highest BCUT2D eigenvalue weighted by Gasteiger charge is 2.21. The summed E-state index contributed by atoms with van der Waals surface area (Å²) >= 11 is 0.